The van der Waals surface area contributed by atoms with Gasteiger partial charge >= 0.3 is 0 Å². The molecular formula is C15H19N3O4. The summed E-state index contributed by atoms with van der Waals surface area (Å²) in [5.41, 5.74) is 1.40. The van der Waals surface area contributed by atoms with E-state index >= 15 is 0 Å². The number of nitro benzene ring substituents is 1. The molecule has 0 spiro atoms. The molecule has 2 rings (SSSR count). The number of fused-ring (bicyclic) bond motifs is 1. The van der Waals surface area contributed by atoms with Gasteiger partial charge in [0.1, 0.15) is 5.69 Å². The maximum atomic E-state index is 12.2. The molecule has 118 valence electrons. The third kappa shape index (κ3) is 3.08. The minimum Gasteiger partial charge on any atom is -0.320 e. The minimum absolute atomic E-state index is 0.00563. The smallest absolute Gasteiger partial charge is 0.293 e. The summed E-state index contributed by atoms with van der Waals surface area (Å²) in [6, 6.07) is 2.95. The summed E-state index contributed by atoms with van der Waals surface area (Å²) < 4.78 is 0. The first kappa shape index (κ1) is 15.9. The number of carbonyl (C=O) groups excluding carboxylic acids is 2. The third-order valence-electron chi connectivity index (χ3n) is 3.63. The first-order valence-electron chi connectivity index (χ1n) is 7.34. The van der Waals surface area contributed by atoms with Crippen LogP contribution in [0.25, 0.3) is 0 Å². The van der Waals surface area contributed by atoms with Gasteiger partial charge in [0.2, 0.25) is 11.8 Å². The standard InChI is InChI=1S/C15H19N3O4/c1-3-5-14(20)17-9-4-6-11-12(17)7-8-13(18(21)22)15(11)16-10(2)19/h7-8H,3-6,9H2,1-2H3,(H,16,19). The maximum Gasteiger partial charge on any atom is 0.293 e. The summed E-state index contributed by atoms with van der Waals surface area (Å²) in [6.45, 7) is 3.84. The van der Waals surface area contributed by atoms with Crippen molar-refractivity contribution in [1.82, 2.24) is 0 Å². The Balaban J connectivity index is 2.53. The van der Waals surface area contributed by atoms with Crippen LogP contribution in [0.15, 0.2) is 12.1 Å². The molecule has 1 aromatic carbocycles. The van der Waals surface area contributed by atoms with Gasteiger partial charge in [0, 0.05) is 37.2 Å². The Morgan fingerprint density at radius 3 is 2.73 bits per heavy atom. The number of benzene rings is 1. The number of hydrogen-bond donors (Lipinski definition) is 1. The zero-order valence-corrected chi connectivity index (χ0v) is 12.7. The predicted octanol–water partition coefficient (Wildman–Crippen LogP) is 2.63. The lowest BCUT2D eigenvalue weighted by atomic mass is 9.98. The fourth-order valence-corrected chi connectivity index (χ4v) is 2.74. The van der Waals surface area contributed by atoms with Gasteiger partial charge in [0.05, 0.1) is 4.92 Å². The van der Waals surface area contributed by atoms with Crippen molar-refractivity contribution in [3.8, 4) is 0 Å². The molecule has 1 heterocycles. The SMILES string of the molecule is CCCC(=O)N1CCCc2c1ccc([N+](=O)[O-])c2NC(C)=O. The molecule has 0 unspecified atom stereocenters. The molecule has 0 saturated heterocycles. The van der Waals surface area contributed by atoms with Gasteiger partial charge in [-0.15, -0.1) is 0 Å². The van der Waals surface area contributed by atoms with E-state index in [1.165, 1.54) is 13.0 Å². The predicted molar refractivity (Wildman–Crippen MR) is 83.0 cm³/mol. The highest BCUT2D eigenvalue weighted by Gasteiger charge is 2.28. The minimum atomic E-state index is -0.516. The average Bonchev–Trinajstić information content (AvgIpc) is 2.46. The van der Waals surface area contributed by atoms with Crippen molar-refractivity contribution < 1.29 is 14.5 Å². The summed E-state index contributed by atoms with van der Waals surface area (Å²) in [6.07, 6.45) is 2.50. The van der Waals surface area contributed by atoms with Crippen LogP contribution in [0.5, 0.6) is 0 Å². The van der Waals surface area contributed by atoms with Gasteiger partial charge in [-0.3, -0.25) is 19.7 Å². The monoisotopic (exact) mass is 305 g/mol. The summed E-state index contributed by atoms with van der Waals surface area (Å²) in [4.78, 5) is 35.9. The molecule has 1 aliphatic heterocycles. The van der Waals surface area contributed by atoms with Gasteiger partial charge in [0.15, 0.2) is 0 Å². The quantitative estimate of drug-likeness (QED) is 0.683. The summed E-state index contributed by atoms with van der Waals surface area (Å²) in [5.74, 6) is -0.361. The molecule has 1 aromatic rings. The number of carbonyl (C=O) groups is 2. The highest BCUT2D eigenvalue weighted by molar-refractivity contribution is 5.99. The molecule has 22 heavy (non-hydrogen) atoms. The number of nitro groups is 1. The van der Waals surface area contributed by atoms with E-state index in [4.69, 9.17) is 0 Å². The van der Waals surface area contributed by atoms with E-state index in [0.29, 0.717) is 30.6 Å². The molecule has 0 bridgehead atoms. The molecule has 2 amide bonds. The average molecular weight is 305 g/mol. The lowest BCUT2D eigenvalue weighted by Gasteiger charge is -2.30. The van der Waals surface area contributed by atoms with Crippen LogP contribution in [-0.4, -0.2) is 23.3 Å². The Morgan fingerprint density at radius 1 is 1.41 bits per heavy atom. The molecule has 0 radical (unpaired) electrons. The third-order valence-corrected chi connectivity index (χ3v) is 3.63. The summed E-state index contributed by atoms with van der Waals surface area (Å²) in [5, 5.41) is 13.7. The van der Waals surface area contributed by atoms with Gasteiger partial charge in [-0.05, 0) is 25.3 Å². The van der Waals surface area contributed by atoms with Crippen LogP contribution in [-0.2, 0) is 16.0 Å². The zero-order valence-electron chi connectivity index (χ0n) is 12.7. The van der Waals surface area contributed by atoms with Crippen molar-refractivity contribution >= 4 is 28.9 Å². The fourth-order valence-electron chi connectivity index (χ4n) is 2.74. The van der Waals surface area contributed by atoms with Gasteiger partial charge in [0.25, 0.3) is 5.69 Å². The maximum absolute atomic E-state index is 12.2. The van der Waals surface area contributed by atoms with Crippen molar-refractivity contribution in [3.63, 3.8) is 0 Å². The summed E-state index contributed by atoms with van der Waals surface area (Å²) in [7, 11) is 0. The second-order valence-corrected chi connectivity index (χ2v) is 5.29. The van der Waals surface area contributed by atoms with Crippen molar-refractivity contribution in [1.29, 1.82) is 0 Å². The molecule has 1 N–H and O–H groups in total. The van der Waals surface area contributed by atoms with Crippen LogP contribution >= 0.6 is 0 Å². The number of anilines is 2. The number of nitrogens with zero attached hydrogens (tertiary/aromatic N) is 2. The first-order chi connectivity index (χ1) is 10.5. The number of rotatable bonds is 4. The Bertz CT molecular complexity index is 627. The van der Waals surface area contributed by atoms with Crippen LogP contribution in [0, 0.1) is 10.1 Å². The van der Waals surface area contributed by atoms with E-state index in [-0.39, 0.29) is 23.2 Å². The van der Waals surface area contributed by atoms with Crippen molar-refractivity contribution in [2.45, 2.75) is 39.5 Å². The van der Waals surface area contributed by atoms with E-state index < -0.39 is 4.92 Å². The largest absolute Gasteiger partial charge is 0.320 e. The van der Waals surface area contributed by atoms with Crippen LogP contribution in [0.1, 0.15) is 38.7 Å². The van der Waals surface area contributed by atoms with Crippen LogP contribution in [0.4, 0.5) is 17.1 Å². The zero-order chi connectivity index (χ0) is 16.3. The van der Waals surface area contributed by atoms with Crippen LogP contribution < -0.4 is 10.2 Å². The summed E-state index contributed by atoms with van der Waals surface area (Å²) >= 11 is 0. The lowest BCUT2D eigenvalue weighted by molar-refractivity contribution is -0.384. The second kappa shape index (κ2) is 6.55. The fraction of sp³-hybridized carbons (Fsp3) is 0.467. The molecule has 0 aliphatic carbocycles. The number of amides is 2. The Morgan fingerprint density at radius 2 is 2.14 bits per heavy atom. The molecule has 0 saturated carbocycles. The highest BCUT2D eigenvalue weighted by atomic mass is 16.6. The normalized spacial score (nSPS) is 13.5. The lowest BCUT2D eigenvalue weighted by Crippen LogP contribution is -2.35. The van der Waals surface area contributed by atoms with Crippen molar-refractivity contribution in [2.24, 2.45) is 0 Å². The first-order valence-corrected chi connectivity index (χ1v) is 7.34. The van der Waals surface area contributed by atoms with E-state index in [2.05, 4.69) is 5.32 Å². The second-order valence-electron chi connectivity index (χ2n) is 5.29. The van der Waals surface area contributed by atoms with E-state index in [1.807, 2.05) is 6.92 Å². The number of hydrogen-bond acceptors (Lipinski definition) is 4. The molecule has 7 nitrogen and oxygen atoms in total. The molecule has 0 fully saturated rings. The van der Waals surface area contributed by atoms with E-state index in [0.717, 1.165) is 12.8 Å². The Labute approximate surface area is 128 Å². The van der Waals surface area contributed by atoms with E-state index in [1.54, 1.807) is 11.0 Å². The molecule has 0 aromatic heterocycles. The van der Waals surface area contributed by atoms with E-state index in [9.17, 15) is 19.7 Å². The van der Waals surface area contributed by atoms with Gasteiger partial charge in [-0.25, -0.2) is 0 Å². The van der Waals surface area contributed by atoms with Gasteiger partial charge in [-0.1, -0.05) is 6.92 Å². The van der Waals surface area contributed by atoms with Crippen LogP contribution in [0.3, 0.4) is 0 Å². The molecule has 0 atom stereocenters. The molecule has 1 aliphatic rings. The van der Waals surface area contributed by atoms with Crippen molar-refractivity contribution in [2.75, 3.05) is 16.8 Å². The Kier molecular flexibility index (Phi) is 4.75. The molecule has 7 heteroatoms. The molecular weight excluding hydrogens is 286 g/mol. The van der Waals surface area contributed by atoms with Crippen LogP contribution in [0.2, 0.25) is 0 Å². The number of nitrogens with one attached hydrogen (secondary N) is 1. The Hall–Kier alpha value is -2.44. The van der Waals surface area contributed by atoms with Gasteiger partial charge in [-0.2, -0.15) is 0 Å². The van der Waals surface area contributed by atoms with Gasteiger partial charge < -0.3 is 10.2 Å². The van der Waals surface area contributed by atoms with Crippen molar-refractivity contribution in [3.05, 3.63) is 27.8 Å². The highest BCUT2D eigenvalue weighted by Crippen LogP contribution is 2.39. The topological polar surface area (TPSA) is 92.6 Å².